The van der Waals surface area contributed by atoms with E-state index in [1.807, 2.05) is 19.1 Å². The van der Waals surface area contributed by atoms with Gasteiger partial charge in [0.2, 0.25) is 5.91 Å². The summed E-state index contributed by atoms with van der Waals surface area (Å²) in [5.41, 5.74) is 2.71. The fourth-order valence-corrected chi connectivity index (χ4v) is 5.01. The van der Waals surface area contributed by atoms with Gasteiger partial charge in [0.15, 0.2) is 11.0 Å². The molecule has 0 unspecified atom stereocenters. The number of halogens is 4. The minimum Gasteiger partial charge on any atom is -0.406 e. The van der Waals surface area contributed by atoms with Crippen molar-refractivity contribution in [2.45, 2.75) is 19.9 Å². The molecule has 1 saturated heterocycles. The molecule has 1 fully saturated rings. The third kappa shape index (κ3) is 7.01. The number of aromatic nitrogens is 3. The Morgan fingerprint density at radius 2 is 1.88 bits per heavy atom. The van der Waals surface area contributed by atoms with E-state index in [9.17, 15) is 27.2 Å². The van der Waals surface area contributed by atoms with E-state index in [-0.39, 0.29) is 40.5 Å². The van der Waals surface area contributed by atoms with Gasteiger partial charge in [-0.25, -0.2) is 18.9 Å². The molecule has 0 atom stereocenters. The van der Waals surface area contributed by atoms with E-state index in [1.54, 1.807) is 6.07 Å². The number of ether oxygens (including phenoxy) is 2. The van der Waals surface area contributed by atoms with Crippen LogP contribution in [0.5, 0.6) is 5.75 Å². The lowest BCUT2D eigenvalue weighted by Gasteiger charge is -2.20. The predicted octanol–water partition coefficient (Wildman–Crippen LogP) is 6.09. The Bertz CT molecular complexity index is 1710. The lowest BCUT2D eigenvalue weighted by Crippen LogP contribution is -2.31. The van der Waals surface area contributed by atoms with Crippen LogP contribution in [0.25, 0.3) is 17.1 Å². The van der Waals surface area contributed by atoms with Gasteiger partial charge in [0, 0.05) is 18.2 Å². The summed E-state index contributed by atoms with van der Waals surface area (Å²) in [7, 11) is 1.53. The minimum atomic E-state index is -4.81. The number of thioether (sulfide) groups is 1. The molecule has 3 amide bonds. The minimum absolute atomic E-state index is 0.0840. The number of hydrogen-bond acceptors (Lipinski definition) is 7. The maximum absolute atomic E-state index is 15.0. The molecule has 4 aromatic rings. The summed E-state index contributed by atoms with van der Waals surface area (Å²) in [6.45, 7) is 2.12. The monoisotopic (exact) mass is 614 g/mol. The first-order valence-corrected chi connectivity index (χ1v) is 13.5. The number of carbonyl (C=O) groups excluding carboxylic acids is 2. The number of nitrogens with one attached hydrogen (secondary N) is 1. The Morgan fingerprint density at radius 1 is 1.12 bits per heavy atom. The van der Waals surface area contributed by atoms with Gasteiger partial charge in [0.05, 0.1) is 29.4 Å². The standard InChI is InChI=1S/C28H22F4N6O4S/c1-16-3-4-18(13-41-2)23(11-16)38-24(39)14-43-27(38)35-26(40)34-22-10-5-17(12-21(22)29)25-33-15-37(36-25)19-6-8-20(9-7-19)42-28(30,31)32/h3-12,15H,13-14H2,1-2H3,(H,34,40). The Balaban J connectivity index is 1.30. The fraction of sp³-hybridized carbons (Fsp3) is 0.179. The third-order valence-electron chi connectivity index (χ3n) is 6.04. The van der Waals surface area contributed by atoms with Gasteiger partial charge in [-0.05, 0) is 61.0 Å². The molecule has 5 rings (SSSR count). The van der Waals surface area contributed by atoms with Crippen molar-refractivity contribution in [1.82, 2.24) is 14.8 Å². The summed E-state index contributed by atoms with van der Waals surface area (Å²) in [4.78, 5) is 35.0. The van der Waals surface area contributed by atoms with Gasteiger partial charge in [0.1, 0.15) is 17.9 Å². The van der Waals surface area contributed by atoms with Crippen molar-refractivity contribution in [2.24, 2.45) is 4.99 Å². The molecule has 3 aromatic carbocycles. The van der Waals surface area contributed by atoms with Gasteiger partial charge in [0.25, 0.3) is 0 Å². The van der Waals surface area contributed by atoms with Crippen LogP contribution in [-0.4, -0.2) is 51.1 Å². The molecule has 0 radical (unpaired) electrons. The molecule has 1 N–H and O–H groups in total. The van der Waals surface area contributed by atoms with Crippen molar-refractivity contribution >= 4 is 40.2 Å². The molecule has 1 aliphatic heterocycles. The highest BCUT2D eigenvalue weighted by atomic mass is 32.2. The summed E-state index contributed by atoms with van der Waals surface area (Å²) >= 11 is 1.09. The van der Waals surface area contributed by atoms with E-state index < -0.39 is 24.0 Å². The largest absolute Gasteiger partial charge is 0.573 e. The Kier molecular flexibility index (Phi) is 8.45. The highest BCUT2D eigenvalue weighted by Crippen LogP contribution is 2.31. The van der Waals surface area contributed by atoms with Crippen LogP contribution in [0, 0.1) is 12.7 Å². The van der Waals surface area contributed by atoms with Crippen LogP contribution >= 0.6 is 11.8 Å². The number of anilines is 2. The molecule has 2 heterocycles. The third-order valence-corrected chi connectivity index (χ3v) is 6.96. The molecule has 0 aliphatic carbocycles. The number of aryl methyl sites for hydroxylation is 1. The second kappa shape index (κ2) is 12.2. The van der Waals surface area contributed by atoms with Crippen LogP contribution in [-0.2, 0) is 16.1 Å². The Labute approximate surface area is 246 Å². The number of aliphatic imine (C=N–C) groups is 1. The van der Waals surface area contributed by atoms with Gasteiger partial charge in [-0.3, -0.25) is 9.69 Å². The summed E-state index contributed by atoms with van der Waals surface area (Å²) in [5.74, 6) is -1.22. The van der Waals surface area contributed by atoms with Crippen molar-refractivity contribution in [3.63, 3.8) is 0 Å². The van der Waals surface area contributed by atoms with Gasteiger partial charge in [-0.2, -0.15) is 4.99 Å². The average molecular weight is 615 g/mol. The van der Waals surface area contributed by atoms with Gasteiger partial charge < -0.3 is 14.8 Å². The van der Waals surface area contributed by atoms with Crippen LogP contribution in [0.15, 0.2) is 72.0 Å². The number of alkyl halides is 3. The Morgan fingerprint density at radius 3 is 2.58 bits per heavy atom. The van der Waals surface area contributed by atoms with Crippen LogP contribution in [0.2, 0.25) is 0 Å². The highest BCUT2D eigenvalue weighted by Gasteiger charge is 2.32. The zero-order chi connectivity index (χ0) is 30.7. The molecule has 15 heteroatoms. The molecular weight excluding hydrogens is 592 g/mol. The zero-order valence-corrected chi connectivity index (χ0v) is 23.4. The van der Waals surface area contributed by atoms with Crippen molar-refractivity contribution in [3.8, 4) is 22.8 Å². The van der Waals surface area contributed by atoms with Gasteiger partial charge in [-0.1, -0.05) is 23.9 Å². The van der Waals surface area contributed by atoms with E-state index in [0.29, 0.717) is 11.4 Å². The van der Waals surface area contributed by atoms with Gasteiger partial charge in [-0.15, -0.1) is 18.3 Å². The molecular formula is C28H22F4N6O4S. The maximum atomic E-state index is 15.0. The first kappa shape index (κ1) is 29.7. The molecule has 1 aliphatic rings. The summed E-state index contributed by atoms with van der Waals surface area (Å²) in [6.07, 6.45) is -3.49. The topological polar surface area (TPSA) is 111 Å². The lowest BCUT2D eigenvalue weighted by molar-refractivity contribution is -0.274. The van der Waals surface area contributed by atoms with E-state index in [2.05, 4.69) is 25.1 Å². The highest BCUT2D eigenvalue weighted by molar-refractivity contribution is 8.15. The number of nitrogens with zero attached hydrogens (tertiary/aromatic N) is 5. The number of carbonyl (C=O) groups is 2. The quantitative estimate of drug-likeness (QED) is 0.251. The molecule has 222 valence electrons. The van der Waals surface area contributed by atoms with Crippen molar-refractivity contribution in [3.05, 3.63) is 83.9 Å². The summed E-state index contributed by atoms with van der Waals surface area (Å²) in [5, 5.41) is 6.78. The van der Waals surface area contributed by atoms with Crippen molar-refractivity contribution < 1.29 is 36.6 Å². The summed E-state index contributed by atoms with van der Waals surface area (Å²) < 4.78 is 62.6. The fourth-order valence-electron chi connectivity index (χ4n) is 4.15. The normalized spacial score (nSPS) is 14.4. The van der Waals surface area contributed by atoms with Crippen molar-refractivity contribution in [1.29, 1.82) is 0 Å². The molecule has 43 heavy (non-hydrogen) atoms. The Hall–Kier alpha value is -4.76. The van der Waals surface area contributed by atoms with E-state index >= 15 is 0 Å². The molecule has 0 spiro atoms. The number of amidine groups is 1. The van der Waals surface area contributed by atoms with Crippen LogP contribution < -0.4 is 15.0 Å². The molecule has 0 saturated carbocycles. The van der Waals surface area contributed by atoms with Crippen LogP contribution in [0.3, 0.4) is 0 Å². The number of benzene rings is 3. The smallest absolute Gasteiger partial charge is 0.406 e. The first-order valence-electron chi connectivity index (χ1n) is 12.5. The molecule has 1 aromatic heterocycles. The van der Waals surface area contributed by atoms with E-state index in [0.717, 1.165) is 41.1 Å². The number of methoxy groups -OCH3 is 1. The number of hydrogen-bond donors (Lipinski definition) is 1. The van der Waals surface area contributed by atoms with Crippen molar-refractivity contribution in [2.75, 3.05) is 23.1 Å². The maximum Gasteiger partial charge on any atom is 0.573 e. The van der Waals surface area contributed by atoms with Crippen LogP contribution in [0.4, 0.5) is 33.7 Å². The lowest BCUT2D eigenvalue weighted by atomic mass is 10.1. The average Bonchev–Trinajstić information content (AvgIpc) is 3.58. The summed E-state index contributed by atoms with van der Waals surface area (Å²) in [6, 6.07) is 13.5. The SMILES string of the molecule is COCc1ccc(C)cc1N1C(=O)CSC1=NC(=O)Nc1ccc(-c2ncn(-c3ccc(OC(F)(F)F)cc3)n2)cc1F. The number of rotatable bonds is 7. The second-order valence-corrected chi connectivity index (χ2v) is 10.1. The first-order chi connectivity index (χ1) is 20.5. The predicted molar refractivity (Wildman–Crippen MR) is 152 cm³/mol. The number of amides is 3. The van der Waals surface area contributed by atoms with Crippen LogP contribution in [0.1, 0.15) is 11.1 Å². The van der Waals surface area contributed by atoms with E-state index in [4.69, 9.17) is 4.74 Å². The van der Waals surface area contributed by atoms with Gasteiger partial charge >= 0.3 is 12.4 Å². The zero-order valence-electron chi connectivity index (χ0n) is 22.6. The molecule has 10 nitrogen and oxygen atoms in total. The van der Waals surface area contributed by atoms with E-state index in [1.165, 1.54) is 47.3 Å². The second-order valence-electron chi connectivity index (χ2n) is 9.16. The number of urea groups is 1. The molecule has 0 bridgehead atoms.